The van der Waals surface area contributed by atoms with E-state index in [9.17, 15) is 18.8 Å². The third-order valence-corrected chi connectivity index (χ3v) is 10.2. The molecule has 1 saturated heterocycles. The van der Waals surface area contributed by atoms with E-state index in [1.54, 1.807) is 13.0 Å². The Labute approximate surface area is 196 Å². The number of fused-ring (bicyclic) bond motifs is 3. The summed E-state index contributed by atoms with van der Waals surface area (Å²) >= 11 is 0.543. The minimum atomic E-state index is -1.49. The van der Waals surface area contributed by atoms with Gasteiger partial charge in [-0.3, -0.25) is 14.4 Å². The Kier molecular flexibility index (Phi) is 5.09. The van der Waals surface area contributed by atoms with Gasteiger partial charge in [-0.1, -0.05) is 26.8 Å². The van der Waals surface area contributed by atoms with Gasteiger partial charge in [0.2, 0.25) is 5.12 Å². The summed E-state index contributed by atoms with van der Waals surface area (Å²) in [5.74, 6) is -1.42. The predicted octanol–water partition coefficient (Wildman–Crippen LogP) is 4.50. The van der Waals surface area contributed by atoms with Crippen LogP contribution in [0.5, 0.6) is 0 Å². The summed E-state index contributed by atoms with van der Waals surface area (Å²) in [6.45, 7) is 7.42. The van der Waals surface area contributed by atoms with Crippen LogP contribution in [-0.2, 0) is 23.9 Å². The number of hydrogen-bond donors (Lipinski definition) is 0. The molecule has 0 radical (unpaired) electrons. The summed E-state index contributed by atoms with van der Waals surface area (Å²) in [4.78, 5) is 38.0. The van der Waals surface area contributed by atoms with Crippen molar-refractivity contribution in [3.63, 3.8) is 0 Å². The molecule has 1 heterocycles. The van der Waals surface area contributed by atoms with E-state index in [2.05, 4.69) is 0 Å². The number of hydrogen-bond acceptors (Lipinski definition) is 6. The molecule has 0 amide bonds. The van der Waals surface area contributed by atoms with Gasteiger partial charge >= 0.3 is 5.97 Å². The number of alkyl halides is 2. The predicted molar refractivity (Wildman–Crippen MR) is 119 cm³/mol. The molecule has 0 aromatic carbocycles. The Hall–Kier alpha value is -1.54. The SMILES string of the molecule is CCC(=O)O[C@]1(C(=O)SCF)[C@H](C)C[C@H]2[C@@H]3C[C@H](F)C4=CC(=O)C=C[C@]4(C)[C@@]34OC4C[C@@]21C. The van der Waals surface area contributed by atoms with Crippen molar-refractivity contribution in [3.05, 3.63) is 23.8 Å². The summed E-state index contributed by atoms with van der Waals surface area (Å²) in [6, 6.07) is -0.900. The molecule has 4 aliphatic carbocycles. The van der Waals surface area contributed by atoms with Crippen molar-refractivity contribution in [2.24, 2.45) is 28.6 Å². The van der Waals surface area contributed by atoms with Crippen molar-refractivity contribution in [3.8, 4) is 0 Å². The van der Waals surface area contributed by atoms with E-state index >= 15 is 4.39 Å². The van der Waals surface area contributed by atoms with Crippen LogP contribution in [0.4, 0.5) is 8.78 Å². The lowest BCUT2D eigenvalue weighted by molar-refractivity contribution is -0.187. The molecule has 1 unspecified atom stereocenters. The highest BCUT2D eigenvalue weighted by Gasteiger charge is 2.83. The molecule has 4 fully saturated rings. The molecular weight excluding hydrogens is 450 g/mol. The Morgan fingerprint density at radius 2 is 2.00 bits per heavy atom. The lowest BCUT2D eigenvalue weighted by Crippen LogP contribution is -2.63. The number of rotatable bonds is 4. The topological polar surface area (TPSA) is 73.0 Å². The number of ether oxygens (including phenoxy) is 2. The summed E-state index contributed by atoms with van der Waals surface area (Å²) in [5, 5.41) is -0.472. The average Bonchev–Trinajstić information content (AvgIpc) is 3.44. The zero-order chi connectivity index (χ0) is 24.0. The summed E-state index contributed by atoms with van der Waals surface area (Å²) < 4.78 is 41.3. The fourth-order valence-electron chi connectivity index (χ4n) is 8.06. The third-order valence-electron chi connectivity index (χ3n) is 9.51. The first-order valence-electron chi connectivity index (χ1n) is 11.7. The summed E-state index contributed by atoms with van der Waals surface area (Å²) in [5.41, 5.74) is -3.22. The average molecular weight is 481 g/mol. The number of halogens is 2. The normalized spacial score (nSPS) is 49.3. The monoisotopic (exact) mass is 480 g/mol. The highest BCUT2D eigenvalue weighted by molar-refractivity contribution is 8.13. The van der Waals surface area contributed by atoms with Crippen molar-refractivity contribution in [1.82, 2.24) is 0 Å². The van der Waals surface area contributed by atoms with E-state index in [4.69, 9.17) is 9.47 Å². The van der Waals surface area contributed by atoms with E-state index in [-0.39, 0.29) is 42.5 Å². The largest absolute Gasteiger partial charge is 0.449 e. The number of carbonyl (C=O) groups excluding carboxylic acids is 3. The van der Waals surface area contributed by atoms with Crippen molar-refractivity contribution in [2.75, 3.05) is 6.01 Å². The highest BCUT2D eigenvalue weighted by Crippen LogP contribution is 2.77. The van der Waals surface area contributed by atoms with Gasteiger partial charge in [0.05, 0.1) is 6.10 Å². The van der Waals surface area contributed by atoms with Crippen LogP contribution in [0.3, 0.4) is 0 Å². The molecule has 1 aliphatic heterocycles. The molecule has 5 rings (SSSR count). The first kappa shape index (κ1) is 23.2. The summed E-state index contributed by atoms with van der Waals surface area (Å²) in [6.07, 6.45) is 4.43. The molecule has 0 N–H and O–H groups in total. The number of thioether (sulfide) groups is 1. The van der Waals surface area contributed by atoms with E-state index in [0.717, 1.165) is 0 Å². The quantitative estimate of drug-likeness (QED) is 0.436. The third kappa shape index (κ3) is 2.65. The van der Waals surface area contributed by atoms with Crippen LogP contribution < -0.4 is 0 Å². The second-order valence-electron chi connectivity index (χ2n) is 10.7. The highest BCUT2D eigenvalue weighted by atomic mass is 32.2. The lowest BCUT2D eigenvalue weighted by atomic mass is 9.46. The van der Waals surface area contributed by atoms with Gasteiger partial charge in [0.1, 0.15) is 17.8 Å². The van der Waals surface area contributed by atoms with Gasteiger partial charge in [0.15, 0.2) is 11.4 Å². The first-order valence-corrected chi connectivity index (χ1v) is 12.7. The molecule has 0 aromatic heterocycles. The summed E-state index contributed by atoms with van der Waals surface area (Å²) in [7, 11) is 0. The Bertz CT molecular complexity index is 995. The standard InChI is InChI=1S/C25H30F2O5S/c1-5-20(29)32-24(21(30)33-12-26)13(2)8-15-16-10-18(27)17-9-14(28)6-7-22(17,3)25(16)19(31-25)11-23(15,24)4/h6-7,9,13,15-16,18-19H,5,8,10-12H2,1-4H3/t13-,15+,16+,18+,19?,22+,23+,24+,25-/m1/s1. The van der Waals surface area contributed by atoms with Crippen LogP contribution in [0.15, 0.2) is 23.8 Å². The molecule has 5 aliphatic rings. The minimum Gasteiger partial charge on any atom is -0.449 e. The molecule has 9 atom stereocenters. The van der Waals surface area contributed by atoms with Crippen LogP contribution >= 0.6 is 11.8 Å². The van der Waals surface area contributed by atoms with Gasteiger partial charge in [-0.25, -0.2) is 8.78 Å². The molecule has 0 aromatic rings. The van der Waals surface area contributed by atoms with Gasteiger partial charge in [0.25, 0.3) is 0 Å². The maximum Gasteiger partial charge on any atom is 0.306 e. The van der Waals surface area contributed by atoms with E-state index in [1.165, 1.54) is 12.2 Å². The van der Waals surface area contributed by atoms with Gasteiger partial charge in [-0.15, -0.1) is 0 Å². The van der Waals surface area contributed by atoms with Gasteiger partial charge in [-0.05, 0) is 67.5 Å². The van der Waals surface area contributed by atoms with Crippen molar-refractivity contribution < 1.29 is 32.6 Å². The fraction of sp³-hybridized carbons (Fsp3) is 0.720. The van der Waals surface area contributed by atoms with Crippen LogP contribution in [-0.4, -0.2) is 46.4 Å². The van der Waals surface area contributed by atoms with Crippen molar-refractivity contribution >= 4 is 28.6 Å². The Morgan fingerprint density at radius 3 is 2.67 bits per heavy atom. The van der Waals surface area contributed by atoms with Crippen LogP contribution in [0, 0.1) is 28.6 Å². The fourth-order valence-corrected chi connectivity index (χ4v) is 8.85. The molecule has 8 heteroatoms. The zero-order valence-electron chi connectivity index (χ0n) is 19.4. The molecule has 33 heavy (non-hydrogen) atoms. The van der Waals surface area contributed by atoms with Crippen LogP contribution in [0.25, 0.3) is 0 Å². The second kappa shape index (κ2) is 7.23. The van der Waals surface area contributed by atoms with Gasteiger partial charge in [-0.2, -0.15) is 0 Å². The molecule has 5 nitrogen and oxygen atoms in total. The maximum absolute atomic E-state index is 15.6. The van der Waals surface area contributed by atoms with Crippen LogP contribution in [0.2, 0.25) is 0 Å². The molecule has 3 saturated carbocycles. The number of epoxide rings is 1. The number of carbonyl (C=O) groups is 3. The van der Waals surface area contributed by atoms with Crippen molar-refractivity contribution in [1.29, 1.82) is 0 Å². The lowest BCUT2D eigenvalue weighted by Gasteiger charge is -2.56. The molecule has 1 spiro atoms. The molecule has 180 valence electrons. The molecule has 0 bridgehead atoms. The first-order chi connectivity index (χ1) is 15.5. The maximum atomic E-state index is 15.6. The second-order valence-corrected chi connectivity index (χ2v) is 11.6. The van der Waals surface area contributed by atoms with E-state index in [1.807, 2.05) is 20.8 Å². The number of allylic oxidation sites excluding steroid dienone is 2. The number of esters is 1. The van der Waals surface area contributed by atoms with Gasteiger partial charge < -0.3 is 9.47 Å². The van der Waals surface area contributed by atoms with Crippen LogP contribution in [0.1, 0.15) is 53.4 Å². The zero-order valence-corrected chi connectivity index (χ0v) is 20.2. The van der Waals surface area contributed by atoms with Crippen molar-refractivity contribution in [2.45, 2.75) is 76.9 Å². The van der Waals surface area contributed by atoms with E-state index in [0.29, 0.717) is 30.2 Å². The molecular formula is C25H30F2O5S. The van der Waals surface area contributed by atoms with E-state index < -0.39 is 45.3 Å². The minimum absolute atomic E-state index is 0.105. The Morgan fingerprint density at radius 1 is 1.27 bits per heavy atom. The smallest absolute Gasteiger partial charge is 0.306 e. The Balaban J connectivity index is 1.62. The van der Waals surface area contributed by atoms with Gasteiger partial charge in [0, 0.05) is 23.2 Å². The number of ketones is 1.